The van der Waals surface area contributed by atoms with Crippen LogP contribution in [-0.2, 0) is 4.79 Å². The first-order chi connectivity index (χ1) is 9.65. The largest absolute Gasteiger partial charge is 0.481 e. The molecule has 1 heterocycles. The van der Waals surface area contributed by atoms with Crippen molar-refractivity contribution in [2.75, 3.05) is 19.6 Å². The highest BCUT2D eigenvalue weighted by Gasteiger charge is 2.18. The van der Waals surface area contributed by atoms with E-state index in [9.17, 15) is 4.79 Å². The third kappa shape index (κ3) is 4.69. The van der Waals surface area contributed by atoms with E-state index in [2.05, 4.69) is 10.6 Å². The van der Waals surface area contributed by atoms with Crippen molar-refractivity contribution >= 4 is 17.5 Å². The van der Waals surface area contributed by atoms with Crippen LogP contribution in [0.3, 0.4) is 0 Å². The summed E-state index contributed by atoms with van der Waals surface area (Å²) in [6.07, 6.45) is 1.82. The molecule has 5 heteroatoms. The first-order valence-electron chi connectivity index (χ1n) is 7.06. The molecule has 1 aromatic rings. The second-order valence-corrected chi connectivity index (χ2v) is 5.61. The van der Waals surface area contributed by atoms with Gasteiger partial charge in [-0.2, -0.15) is 0 Å². The Labute approximate surface area is 124 Å². The van der Waals surface area contributed by atoms with Gasteiger partial charge >= 0.3 is 0 Å². The van der Waals surface area contributed by atoms with Gasteiger partial charge in [-0.3, -0.25) is 4.79 Å². The van der Waals surface area contributed by atoms with Crippen molar-refractivity contribution in [3.05, 3.63) is 29.3 Å². The fourth-order valence-electron chi connectivity index (χ4n) is 2.28. The molecule has 0 saturated carbocycles. The highest BCUT2D eigenvalue weighted by molar-refractivity contribution is 6.30. The molecule has 0 bridgehead atoms. The molecule has 1 aliphatic heterocycles. The molecular formula is C15H21ClN2O2. The zero-order valence-corrected chi connectivity index (χ0v) is 12.5. The van der Waals surface area contributed by atoms with Gasteiger partial charge in [0.15, 0.2) is 6.10 Å². The van der Waals surface area contributed by atoms with Crippen molar-refractivity contribution in [3.63, 3.8) is 0 Å². The minimum Gasteiger partial charge on any atom is -0.481 e. The molecule has 0 aromatic heterocycles. The van der Waals surface area contributed by atoms with Crippen LogP contribution in [0.2, 0.25) is 5.02 Å². The normalized spacial score (nSPS) is 20.2. The van der Waals surface area contributed by atoms with Crippen molar-refractivity contribution in [3.8, 4) is 5.75 Å². The van der Waals surface area contributed by atoms with Crippen LogP contribution in [0.4, 0.5) is 0 Å². The highest BCUT2D eigenvalue weighted by atomic mass is 35.5. The van der Waals surface area contributed by atoms with Gasteiger partial charge in [0.2, 0.25) is 0 Å². The quantitative estimate of drug-likeness (QED) is 0.876. The second-order valence-electron chi connectivity index (χ2n) is 5.17. The maximum absolute atomic E-state index is 12.0. The summed E-state index contributed by atoms with van der Waals surface area (Å²) in [5.41, 5.74) is 0. The summed E-state index contributed by atoms with van der Waals surface area (Å²) in [6.45, 7) is 4.51. The first-order valence-corrected chi connectivity index (χ1v) is 7.43. The molecule has 1 fully saturated rings. The monoisotopic (exact) mass is 296 g/mol. The minimum atomic E-state index is -0.523. The van der Waals surface area contributed by atoms with E-state index in [1.54, 1.807) is 31.2 Å². The van der Waals surface area contributed by atoms with Gasteiger partial charge in [0.05, 0.1) is 0 Å². The topological polar surface area (TPSA) is 50.4 Å². The molecule has 2 atom stereocenters. The number of halogens is 1. The maximum Gasteiger partial charge on any atom is 0.260 e. The summed E-state index contributed by atoms with van der Waals surface area (Å²) in [4.78, 5) is 12.0. The van der Waals surface area contributed by atoms with E-state index < -0.39 is 6.10 Å². The molecular weight excluding hydrogens is 276 g/mol. The van der Waals surface area contributed by atoms with E-state index in [4.69, 9.17) is 16.3 Å². The Kier molecular flexibility index (Phi) is 5.68. The van der Waals surface area contributed by atoms with Crippen molar-refractivity contribution < 1.29 is 9.53 Å². The number of benzene rings is 1. The van der Waals surface area contributed by atoms with Gasteiger partial charge in [0, 0.05) is 11.6 Å². The highest BCUT2D eigenvalue weighted by Crippen LogP contribution is 2.18. The molecule has 1 aromatic carbocycles. The number of carbonyl (C=O) groups excluding carboxylic acids is 1. The summed E-state index contributed by atoms with van der Waals surface area (Å²) in [6, 6.07) is 7.07. The van der Waals surface area contributed by atoms with E-state index in [0.29, 0.717) is 23.2 Å². The molecule has 2 N–H and O–H groups in total. The SMILES string of the molecule is CC(Oc1cccc(Cl)c1)C(=O)NCC1CCCNC1. The molecule has 1 amide bonds. The van der Waals surface area contributed by atoms with Crippen LogP contribution in [-0.4, -0.2) is 31.6 Å². The van der Waals surface area contributed by atoms with Gasteiger partial charge in [-0.05, 0) is 57.0 Å². The molecule has 2 unspecified atom stereocenters. The van der Waals surface area contributed by atoms with Crippen LogP contribution in [0, 0.1) is 5.92 Å². The number of nitrogens with one attached hydrogen (secondary N) is 2. The van der Waals surface area contributed by atoms with Crippen LogP contribution in [0.1, 0.15) is 19.8 Å². The Morgan fingerprint density at radius 1 is 1.60 bits per heavy atom. The maximum atomic E-state index is 12.0. The van der Waals surface area contributed by atoms with E-state index in [1.165, 1.54) is 6.42 Å². The van der Waals surface area contributed by atoms with Gasteiger partial charge in [-0.15, -0.1) is 0 Å². The number of ether oxygens (including phenoxy) is 1. The van der Waals surface area contributed by atoms with Crippen LogP contribution < -0.4 is 15.4 Å². The number of amides is 1. The van der Waals surface area contributed by atoms with E-state index in [1.807, 2.05) is 0 Å². The number of piperidine rings is 1. The lowest BCUT2D eigenvalue weighted by Gasteiger charge is -2.23. The summed E-state index contributed by atoms with van der Waals surface area (Å²) < 4.78 is 5.58. The number of hydrogen-bond donors (Lipinski definition) is 2. The van der Waals surface area contributed by atoms with E-state index in [-0.39, 0.29) is 5.91 Å². The van der Waals surface area contributed by atoms with E-state index in [0.717, 1.165) is 19.5 Å². The fourth-order valence-corrected chi connectivity index (χ4v) is 2.47. The molecule has 2 rings (SSSR count). The second kappa shape index (κ2) is 7.50. The van der Waals surface area contributed by atoms with Gasteiger partial charge in [0.1, 0.15) is 5.75 Å². The predicted octanol–water partition coefficient (Wildman–Crippen LogP) is 2.22. The zero-order valence-electron chi connectivity index (χ0n) is 11.7. The Hall–Kier alpha value is -1.26. The third-order valence-corrected chi connectivity index (χ3v) is 3.68. The summed E-state index contributed by atoms with van der Waals surface area (Å²) in [5, 5.41) is 6.89. The Morgan fingerprint density at radius 2 is 2.45 bits per heavy atom. The van der Waals surface area contributed by atoms with Gasteiger partial charge in [-0.1, -0.05) is 17.7 Å². The van der Waals surface area contributed by atoms with Crippen LogP contribution in [0.15, 0.2) is 24.3 Å². The molecule has 0 aliphatic carbocycles. The first kappa shape index (κ1) is 15.1. The van der Waals surface area contributed by atoms with Crippen molar-refractivity contribution in [1.29, 1.82) is 0 Å². The summed E-state index contributed by atoms with van der Waals surface area (Å²) in [5.74, 6) is 1.04. The molecule has 1 saturated heterocycles. The zero-order chi connectivity index (χ0) is 14.4. The average molecular weight is 297 g/mol. The molecule has 1 aliphatic rings. The van der Waals surface area contributed by atoms with Crippen molar-refractivity contribution in [1.82, 2.24) is 10.6 Å². The Balaban J connectivity index is 1.76. The molecule has 0 radical (unpaired) electrons. The fraction of sp³-hybridized carbons (Fsp3) is 0.533. The van der Waals surface area contributed by atoms with Gasteiger partial charge < -0.3 is 15.4 Å². The van der Waals surface area contributed by atoms with Crippen molar-refractivity contribution in [2.45, 2.75) is 25.9 Å². The predicted molar refractivity (Wildman–Crippen MR) is 80.1 cm³/mol. The lowest BCUT2D eigenvalue weighted by atomic mass is 10.00. The number of hydrogen-bond acceptors (Lipinski definition) is 3. The smallest absolute Gasteiger partial charge is 0.260 e. The average Bonchev–Trinajstić information content (AvgIpc) is 2.46. The van der Waals surface area contributed by atoms with Crippen molar-refractivity contribution in [2.24, 2.45) is 5.92 Å². The lowest BCUT2D eigenvalue weighted by Crippen LogP contribution is -2.42. The molecule has 4 nitrogen and oxygen atoms in total. The number of rotatable bonds is 5. The molecule has 0 spiro atoms. The van der Waals surface area contributed by atoms with Crippen LogP contribution in [0.5, 0.6) is 5.75 Å². The van der Waals surface area contributed by atoms with Gasteiger partial charge in [-0.25, -0.2) is 0 Å². The number of carbonyl (C=O) groups is 1. The lowest BCUT2D eigenvalue weighted by molar-refractivity contribution is -0.127. The Bertz CT molecular complexity index is 447. The van der Waals surface area contributed by atoms with Crippen LogP contribution in [0.25, 0.3) is 0 Å². The summed E-state index contributed by atoms with van der Waals surface area (Å²) >= 11 is 5.88. The third-order valence-electron chi connectivity index (χ3n) is 3.44. The van der Waals surface area contributed by atoms with E-state index >= 15 is 0 Å². The molecule has 110 valence electrons. The Morgan fingerprint density at radius 3 is 3.15 bits per heavy atom. The molecule has 20 heavy (non-hydrogen) atoms. The summed E-state index contributed by atoms with van der Waals surface area (Å²) in [7, 11) is 0. The van der Waals surface area contributed by atoms with Crippen LogP contribution >= 0.6 is 11.6 Å². The minimum absolute atomic E-state index is 0.0875. The standard InChI is InChI=1S/C15H21ClN2O2/c1-11(20-14-6-2-5-13(16)8-14)15(19)18-10-12-4-3-7-17-9-12/h2,5-6,8,11-12,17H,3-4,7,9-10H2,1H3,(H,18,19). The van der Waals surface area contributed by atoms with Gasteiger partial charge in [0.25, 0.3) is 5.91 Å².